The van der Waals surface area contributed by atoms with Crippen molar-refractivity contribution < 1.29 is 19.0 Å². The molecule has 1 aromatic rings. The van der Waals surface area contributed by atoms with Crippen LogP contribution in [-0.4, -0.2) is 30.4 Å². The van der Waals surface area contributed by atoms with E-state index in [0.717, 1.165) is 5.56 Å². The highest BCUT2D eigenvalue weighted by Crippen LogP contribution is 2.35. The van der Waals surface area contributed by atoms with E-state index in [2.05, 4.69) is 0 Å². The van der Waals surface area contributed by atoms with E-state index < -0.39 is 11.9 Å². The Morgan fingerprint density at radius 2 is 1.95 bits per heavy atom. The molecule has 2 fully saturated rings. The molecular formula is C15H18O4. The lowest BCUT2D eigenvalue weighted by Gasteiger charge is -2.44. The summed E-state index contributed by atoms with van der Waals surface area (Å²) in [6.45, 7) is 4.02. The van der Waals surface area contributed by atoms with Crippen molar-refractivity contribution in [1.82, 2.24) is 0 Å². The molecule has 3 rings (SSSR count). The lowest BCUT2D eigenvalue weighted by atomic mass is 9.93. The van der Waals surface area contributed by atoms with Gasteiger partial charge in [0.15, 0.2) is 12.1 Å². The topological polar surface area (TPSA) is 44.8 Å². The predicted molar refractivity (Wildman–Crippen MR) is 68.6 cm³/mol. The van der Waals surface area contributed by atoms with Gasteiger partial charge in [-0.25, -0.2) is 0 Å². The van der Waals surface area contributed by atoms with Gasteiger partial charge in [0.2, 0.25) is 0 Å². The van der Waals surface area contributed by atoms with Crippen molar-refractivity contribution in [3.63, 3.8) is 0 Å². The third kappa shape index (κ3) is 2.43. The van der Waals surface area contributed by atoms with Gasteiger partial charge in [0.1, 0.15) is 17.8 Å². The Morgan fingerprint density at radius 3 is 2.68 bits per heavy atom. The van der Waals surface area contributed by atoms with Crippen LogP contribution in [0.4, 0.5) is 0 Å². The largest absolute Gasteiger partial charge is 0.369 e. The van der Waals surface area contributed by atoms with E-state index in [1.807, 2.05) is 30.3 Å². The molecule has 0 aromatic heterocycles. The lowest BCUT2D eigenvalue weighted by molar-refractivity contribution is -0.313. The van der Waals surface area contributed by atoms with Crippen molar-refractivity contribution in [3.8, 4) is 0 Å². The molecule has 2 aliphatic heterocycles. The molecule has 19 heavy (non-hydrogen) atoms. The van der Waals surface area contributed by atoms with Crippen molar-refractivity contribution in [2.75, 3.05) is 6.61 Å². The van der Waals surface area contributed by atoms with Crippen LogP contribution in [0.15, 0.2) is 30.3 Å². The van der Waals surface area contributed by atoms with Crippen LogP contribution in [0.1, 0.15) is 31.9 Å². The van der Waals surface area contributed by atoms with Gasteiger partial charge in [0.25, 0.3) is 0 Å². The summed E-state index contributed by atoms with van der Waals surface area (Å²) in [6.07, 6.45) is -0.516. The number of ether oxygens (including phenoxy) is 3. The maximum Gasteiger partial charge on any atom is 0.186 e. The lowest BCUT2D eigenvalue weighted by Crippen LogP contribution is -2.55. The SMILES string of the molecule is CC1(C)O[C@H]2O[C@H](c3ccccc3)CO[C@H]2CC1=O. The van der Waals surface area contributed by atoms with Crippen molar-refractivity contribution in [1.29, 1.82) is 0 Å². The van der Waals surface area contributed by atoms with Crippen molar-refractivity contribution in [2.24, 2.45) is 0 Å². The number of hydrogen-bond acceptors (Lipinski definition) is 4. The zero-order chi connectivity index (χ0) is 13.5. The molecule has 2 aliphatic rings. The Kier molecular flexibility index (Phi) is 3.17. The van der Waals surface area contributed by atoms with E-state index in [1.54, 1.807) is 13.8 Å². The third-order valence-corrected chi connectivity index (χ3v) is 3.70. The highest BCUT2D eigenvalue weighted by atomic mass is 16.7. The van der Waals surface area contributed by atoms with Crippen molar-refractivity contribution >= 4 is 5.78 Å². The molecule has 0 spiro atoms. The molecule has 4 heteroatoms. The third-order valence-electron chi connectivity index (χ3n) is 3.70. The first-order valence-electron chi connectivity index (χ1n) is 6.59. The number of fused-ring (bicyclic) bond motifs is 1. The molecule has 3 atom stereocenters. The molecule has 2 heterocycles. The zero-order valence-corrected chi connectivity index (χ0v) is 11.2. The van der Waals surface area contributed by atoms with E-state index in [-0.39, 0.29) is 18.0 Å². The summed E-state index contributed by atoms with van der Waals surface area (Å²) < 4.78 is 17.4. The summed E-state index contributed by atoms with van der Waals surface area (Å²) in [7, 11) is 0. The minimum Gasteiger partial charge on any atom is -0.369 e. The Labute approximate surface area is 112 Å². The summed E-state index contributed by atoms with van der Waals surface area (Å²) in [5.41, 5.74) is 0.280. The van der Waals surface area contributed by atoms with Gasteiger partial charge in [-0.05, 0) is 19.4 Å². The number of Topliss-reactive ketones (excluding diaryl/α,β-unsaturated/α-hetero) is 1. The van der Waals surface area contributed by atoms with Gasteiger partial charge in [-0.15, -0.1) is 0 Å². The number of carbonyl (C=O) groups is 1. The molecule has 4 nitrogen and oxygen atoms in total. The van der Waals surface area contributed by atoms with Crippen LogP contribution in [0.5, 0.6) is 0 Å². The highest BCUT2D eigenvalue weighted by Gasteiger charge is 2.46. The summed E-state index contributed by atoms with van der Waals surface area (Å²) in [5, 5.41) is 0. The summed E-state index contributed by atoms with van der Waals surface area (Å²) in [6, 6.07) is 9.93. The molecule has 0 saturated carbocycles. The quantitative estimate of drug-likeness (QED) is 0.778. The monoisotopic (exact) mass is 262 g/mol. The number of rotatable bonds is 1. The zero-order valence-electron chi connectivity index (χ0n) is 11.2. The van der Waals surface area contributed by atoms with Crippen LogP contribution in [0.3, 0.4) is 0 Å². The molecule has 102 valence electrons. The first kappa shape index (κ1) is 12.8. The first-order valence-corrected chi connectivity index (χ1v) is 6.59. The van der Waals surface area contributed by atoms with Crippen molar-refractivity contribution in [3.05, 3.63) is 35.9 Å². The maximum atomic E-state index is 11.9. The van der Waals surface area contributed by atoms with Crippen LogP contribution in [0.25, 0.3) is 0 Å². The number of benzene rings is 1. The number of hydrogen-bond donors (Lipinski definition) is 0. The molecule has 0 bridgehead atoms. The fraction of sp³-hybridized carbons (Fsp3) is 0.533. The minimum absolute atomic E-state index is 0.0653. The highest BCUT2D eigenvalue weighted by molar-refractivity contribution is 5.87. The second kappa shape index (κ2) is 4.71. The standard InChI is InChI=1S/C15H18O4/c1-15(2)13(16)8-11-14(19-15)18-12(9-17-11)10-6-4-3-5-7-10/h3-7,11-12,14H,8-9H2,1-2H3/t11-,12-,14+/m0/s1. The molecule has 0 unspecified atom stereocenters. The Bertz CT molecular complexity index is 468. The number of ketones is 1. The minimum atomic E-state index is -0.789. The van der Waals surface area contributed by atoms with E-state index in [9.17, 15) is 4.79 Å². The predicted octanol–water partition coefficient (Wildman–Crippen LogP) is 2.24. The van der Waals surface area contributed by atoms with Crippen LogP contribution in [-0.2, 0) is 19.0 Å². The first-order chi connectivity index (χ1) is 9.06. The second-order valence-electron chi connectivity index (χ2n) is 5.53. The molecule has 0 N–H and O–H groups in total. The fourth-order valence-electron chi connectivity index (χ4n) is 2.46. The smallest absolute Gasteiger partial charge is 0.186 e. The number of carbonyl (C=O) groups excluding carboxylic acids is 1. The Morgan fingerprint density at radius 1 is 1.21 bits per heavy atom. The average molecular weight is 262 g/mol. The van der Waals surface area contributed by atoms with Gasteiger partial charge < -0.3 is 14.2 Å². The van der Waals surface area contributed by atoms with E-state index in [1.165, 1.54) is 0 Å². The van der Waals surface area contributed by atoms with Gasteiger partial charge in [0.05, 0.1) is 6.61 Å². The molecule has 0 aliphatic carbocycles. The van der Waals surface area contributed by atoms with Crippen LogP contribution >= 0.6 is 0 Å². The van der Waals surface area contributed by atoms with E-state index in [4.69, 9.17) is 14.2 Å². The normalized spacial score (nSPS) is 33.8. The Balaban J connectivity index is 1.75. The van der Waals surface area contributed by atoms with E-state index >= 15 is 0 Å². The van der Waals surface area contributed by atoms with Gasteiger partial charge in [-0.3, -0.25) is 4.79 Å². The molecule has 0 amide bonds. The van der Waals surface area contributed by atoms with Gasteiger partial charge >= 0.3 is 0 Å². The van der Waals surface area contributed by atoms with Crippen LogP contribution in [0, 0.1) is 0 Å². The second-order valence-corrected chi connectivity index (χ2v) is 5.53. The van der Waals surface area contributed by atoms with Gasteiger partial charge in [0, 0.05) is 6.42 Å². The summed E-state index contributed by atoms with van der Waals surface area (Å²) in [5.74, 6) is 0.0653. The van der Waals surface area contributed by atoms with Crippen LogP contribution in [0.2, 0.25) is 0 Å². The summed E-state index contributed by atoms with van der Waals surface area (Å²) >= 11 is 0. The fourth-order valence-corrected chi connectivity index (χ4v) is 2.46. The summed E-state index contributed by atoms with van der Waals surface area (Å²) in [4.78, 5) is 11.9. The molecule has 1 aromatic carbocycles. The van der Waals surface area contributed by atoms with Gasteiger partial charge in [-0.2, -0.15) is 0 Å². The average Bonchev–Trinajstić information content (AvgIpc) is 2.40. The Hall–Kier alpha value is -1.23. The van der Waals surface area contributed by atoms with Crippen molar-refractivity contribution in [2.45, 2.75) is 44.4 Å². The molecule has 0 radical (unpaired) electrons. The van der Waals surface area contributed by atoms with E-state index in [0.29, 0.717) is 13.0 Å². The molecule has 2 saturated heterocycles. The molecular weight excluding hydrogens is 244 g/mol. The van der Waals surface area contributed by atoms with Crippen LogP contribution < -0.4 is 0 Å². The van der Waals surface area contributed by atoms with Gasteiger partial charge in [-0.1, -0.05) is 30.3 Å². The maximum absolute atomic E-state index is 11.9.